The predicted octanol–water partition coefficient (Wildman–Crippen LogP) is 2.13. The summed E-state index contributed by atoms with van der Waals surface area (Å²) >= 11 is 0. The summed E-state index contributed by atoms with van der Waals surface area (Å²) in [5, 5.41) is 4.19. The molecule has 0 aliphatic carbocycles. The van der Waals surface area contributed by atoms with Gasteiger partial charge in [0, 0.05) is 30.2 Å². The van der Waals surface area contributed by atoms with Crippen LogP contribution in [0.2, 0.25) is 0 Å². The summed E-state index contributed by atoms with van der Waals surface area (Å²) in [6, 6.07) is 32.3. The van der Waals surface area contributed by atoms with Gasteiger partial charge < -0.3 is 0 Å². The second-order valence-corrected chi connectivity index (χ2v) is 17.9. The molecule has 0 spiro atoms. The van der Waals surface area contributed by atoms with Crippen LogP contribution in [0.5, 0.6) is 0 Å². The quantitative estimate of drug-likeness (QED) is 0.155. The smallest absolute Gasteiger partial charge is 0.273 e. The molecule has 0 saturated heterocycles. The molecule has 3 aromatic rings. The molecule has 31 heavy (non-hydrogen) atoms. The molecule has 0 aromatic heterocycles. The minimum absolute atomic E-state index is 0. The van der Waals surface area contributed by atoms with Crippen molar-refractivity contribution >= 4 is 59.7 Å². The van der Waals surface area contributed by atoms with Gasteiger partial charge >= 0.3 is 25.1 Å². The van der Waals surface area contributed by atoms with E-state index in [1.807, 2.05) is 0 Å². The van der Waals surface area contributed by atoms with Crippen LogP contribution in [0, 0.1) is 0 Å². The van der Waals surface area contributed by atoms with E-state index in [1.165, 1.54) is 15.9 Å². The van der Waals surface area contributed by atoms with E-state index < -0.39 is 33.1 Å². The molecule has 0 fully saturated rings. The van der Waals surface area contributed by atoms with Crippen LogP contribution in [0.25, 0.3) is 0 Å². The van der Waals surface area contributed by atoms with Crippen LogP contribution >= 0.6 is 18.6 Å². The van der Waals surface area contributed by atoms with E-state index in [1.54, 1.807) is 0 Å². The van der Waals surface area contributed by atoms with Gasteiger partial charge in [-0.25, -0.2) is 0 Å². The molecular formula is C18H16ClO7PRhS3. The zero-order chi connectivity index (χ0) is 22.4. The molecule has 3 aromatic carbocycles. The Kier molecular flexibility index (Phi) is 10.4. The topological polar surface area (TPSA) is 123 Å². The third-order valence-corrected chi connectivity index (χ3v) is 15.3. The van der Waals surface area contributed by atoms with Crippen molar-refractivity contribution in [3.05, 3.63) is 91.0 Å². The van der Waals surface area contributed by atoms with E-state index in [0.717, 1.165) is 0 Å². The average Bonchev–Trinajstić information content (AvgIpc) is 2.70. The van der Waals surface area contributed by atoms with Gasteiger partial charge in [-0.15, -0.1) is 0 Å². The molecule has 13 heteroatoms. The first kappa shape index (κ1) is 27.8. The Labute approximate surface area is 198 Å². The number of halogens is 1. The van der Waals surface area contributed by atoms with E-state index in [2.05, 4.69) is 102 Å². The first-order valence-electron chi connectivity index (χ1n) is 8.07. The molecule has 0 amide bonds. The van der Waals surface area contributed by atoms with E-state index in [0.29, 0.717) is 0 Å². The van der Waals surface area contributed by atoms with Crippen molar-refractivity contribution in [3.8, 4) is 0 Å². The molecule has 0 bridgehead atoms. The van der Waals surface area contributed by atoms with Gasteiger partial charge in [0.25, 0.3) is 0 Å². The van der Waals surface area contributed by atoms with E-state index in [-0.39, 0.29) is 19.5 Å². The molecule has 0 unspecified atom stereocenters. The Morgan fingerprint density at radius 3 is 1.00 bits per heavy atom. The van der Waals surface area contributed by atoms with Gasteiger partial charge in [0.1, 0.15) is 0 Å². The third-order valence-electron chi connectivity index (χ3n) is 3.54. The fourth-order valence-electron chi connectivity index (χ4n) is 2.28. The van der Waals surface area contributed by atoms with Gasteiger partial charge in [-0.3, -0.25) is 4.55 Å². The number of hydrogen-bond donors (Lipinski definition) is 1. The molecule has 0 aliphatic heterocycles. The van der Waals surface area contributed by atoms with Gasteiger partial charge in [0.15, 0.2) is 0 Å². The summed E-state index contributed by atoms with van der Waals surface area (Å²) in [5.41, 5.74) is 0. The van der Waals surface area contributed by atoms with Crippen LogP contribution in [0.4, 0.5) is 0 Å². The van der Waals surface area contributed by atoms with Crippen molar-refractivity contribution in [1.82, 2.24) is 0 Å². The SMILES string of the molecule is O=S(=O)(O)S(=O)(=O)S(=O)(=O)Cl.[Rh].c1ccc(P(c2ccccc2)c2ccccc2)cc1. The number of hydrogen-bond acceptors (Lipinski definition) is 6. The fraction of sp³-hybridized carbons (Fsp3) is 0. The average molecular weight is 610 g/mol. The largest absolute Gasteiger partial charge is 0.395 e. The Morgan fingerprint density at radius 2 is 0.839 bits per heavy atom. The van der Waals surface area contributed by atoms with Crippen LogP contribution in [0.15, 0.2) is 91.0 Å². The van der Waals surface area contributed by atoms with Gasteiger partial charge in [-0.2, -0.15) is 25.3 Å². The van der Waals surface area contributed by atoms with Gasteiger partial charge in [0.2, 0.25) is 0 Å². The maximum absolute atomic E-state index is 10.1. The summed E-state index contributed by atoms with van der Waals surface area (Å²) in [4.78, 5) is 0. The zero-order valence-corrected chi connectivity index (χ0v) is 21.2. The van der Waals surface area contributed by atoms with Crippen molar-refractivity contribution in [1.29, 1.82) is 0 Å². The third kappa shape index (κ3) is 7.43. The van der Waals surface area contributed by atoms with Crippen LogP contribution in [0.1, 0.15) is 0 Å². The molecule has 3 rings (SSSR count). The number of benzene rings is 3. The van der Waals surface area contributed by atoms with Crippen LogP contribution in [-0.4, -0.2) is 29.8 Å². The molecule has 0 heterocycles. The minimum Gasteiger partial charge on any atom is -0.273 e. The monoisotopic (exact) mass is 609 g/mol. The van der Waals surface area contributed by atoms with Crippen molar-refractivity contribution < 1.29 is 49.3 Å². The molecule has 169 valence electrons. The minimum atomic E-state index is -5.75. The fourth-order valence-corrected chi connectivity index (χ4v) is 9.01. The normalized spacial score (nSPS) is 11.7. The van der Waals surface area contributed by atoms with E-state index in [4.69, 9.17) is 4.55 Å². The Morgan fingerprint density at radius 1 is 0.581 bits per heavy atom. The second kappa shape index (κ2) is 11.6. The molecule has 0 aliphatic rings. The Balaban J connectivity index is 0.000000349. The molecule has 7 nitrogen and oxygen atoms in total. The summed E-state index contributed by atoms with van der Waals surface area (Å²) < 4.78 is 67.5. The van der Waals surface area contributed by atoms with Gasteiger partial charge in [0.05, 0.1) is 0 Å². The maximum atomic E-state index is 10.1. The van der Waals surface area contributed by atoms with Crippen molar-refractivity contribution in [2.45, 2.75) is 0 Å². The molecule has 1 radical (unpaired) electrons. The van der Waals surface area contributed by atoms with Crippen molar-refractivity contribution in [3.63, 3.8) is 0 Å². The van der Waals surface area contributed by atoms with Gasteiger partial charge in [-0.05, 0) is 23.8 Å². The summed E-state index contributed by atoms with van der Waals surface area (Å²) in [5.74, 6) is 0. The van der Waals surface area contributed by atoms with Gasteiger partial charge in [-0.1, -0.05) is 91.0 Å². The molecular weight excluding hydrogens is 594 g/mol. The maximum Gasteiger partial charge on any atom is 0.395 e. The van der Waals surface area contributed by atoms with Crippen LogP contribution in [-0.2, 0) is 44.6 Å². The van der Waals surface area contributed by atoms with Crippen LogP contribution in [0.3, 0.4) is 0 Å². The predicted molar refractivity (Wildman–Crippen MR) is 120 cm³/mol. The second-order valence-electron chi connectivity index (χ2n) is 5.57. The summed E-state index contributed by atoms with van der Waals surface area (Å²) in [6.45, 7) is 0. The molecule has 0 saturated carbocycles. The summed E-state index contributed by atoms with van der Waals surface area (Å²) in [7, 11) is -13.1. The molecule has 1 N–H and O–H groups in total. The van der Waals surface area contributed by atoms with E-state index in [9.17, 15) is 25.3 Å². The zero-order valence-electron chi connectivity index (χ0n) is 15.4. The van der Waals surface area contributed by atoms with Crippen molar-refractivity contribution in [2.75, 3.05) is 0 Å². The first-order chi connectivity index (χ1) is 13.9. The first-order valence-corrected chi connectivity index (χ1v) is 15.7. The Bertz CT molecular complexity index is 1160. The number of rotatable bonds is 5. The molecule has 0 atom stereocenters. The standard InChI is InChI=1S/C18H15P.ClHO7S3.Rh/c1-4-10-16(11-5-1)19(17-12-6-2-7-13-17)18-14-8-3-9-15-18;1-9(2,3)11(7,8)10(4,5)6;/h1-15H;(H,4,5,6);. The summed E-state index contributed by atoms with van der Waals surface area (Å²) in [6.07, 6.45) is 0. The van der Waals surface area contributed by atoms with Crippen LogP contribution < -0.4 is 15.9 Å². The Hall–Kier alpha value is -1.19. The van der Waals surface area contributed by atoms with E-state index >= 15 is 0 Å². The van der Waals surface area contributed by atoms with Crippen molar-refractivity contribution in [2.24, 2.45) is 0 Å².